The van der Waals surface area contributed by atoms with Crippen LogP contribution in [0.25, 0.3) is 0 Å². The fraction of sp³-hybridized carbons (Fsp3) is 0.385. The molecule has 2 N–H and O–H groups in total. The molecule has 1 aromatic carbocycles. The van der Waals surface area contributed by atoms with Crippen LogP contribution in [-0.4, -0.2) is 55.2 Å². The van der Waals surface area contributed by atoms with Crippen LogP contribution in [0.15, 0.2) is 30.3 Å². The minimum absolute atomic E-state index is 0.0532. The van der Waals surface area contributed by atoms with Crippen molar-refractivity contribution in [3.8, 4) is 5.75 Å². The molecule has 0 saturated carbocycles. The summed E-state index contributed by atoms with van der Waals surface area (Å²) in [7, 11) is 1.58. The number of rotatable bonds is 8. The van der Waals surface area contributed by atoms with Crippen LogP contribution in [0.4, 0.5) is 0 Å². The van der Waals surface area contributed by atoms with E-state index in [1.54, 1.807) is 7.05 Å². The summed E-state index contributed by atoms with van der Waals surface area (Å²) in [4.78, 5) is 23.3. The van der Waals surface area contributed by atoms with Crippen LogP contribution in [0.1, 0.15) is 0 Å². The number of carboxylic acids is 1. The van der Waals surface area contributed by atoms with Gasteiger partial charge < -0.3 is 15.2 Å². The third-order valence-electron chi connectivity index (χ3n) is 2.25. The quantitative estimate of drug-likeness (QED) is 0.657. The molecule has 6 nitrogen and oxygen atoms in total. The lowest BCUT2D eigenvalue weighted by molar-refractivity contribution is -0.138. The highest BCUT2D eigenvalue weighted by molar-refractivity contribution is 5.78. The second-order valence-electron chi connectivity index (χ2n) is 4.08. The molecule has 0 bridgehead atoms. The zero-order valence-corrected chi connectivity index (χ0v) is 10.8. The van der Waals surface area contributed by atoms with E-state index in [9.17, 15) is 9.59 Å². The highest BCUT2D eigenvalue weighted by Crippen LogP contribution is 2.07. The fourth-order valence-electron chi connectivity index (χ4n) is 1.46. The normalized spacial score (nSPS) is 10.2. The molecular formula is C13H18N2O4. The average molecular weight is 266 g/mol. The van der Waals surface area contributed by atoms with Crippen molar-refractivity contribution in [3.05, 3.63) is 30.3 Å². The smallest absolute Gasteiger partial charge is 0.317 e. The van der Waals surface area contributed by atoms with Crippen molar-refractivity contribution >= 4 is 11.9 Å². The van der Waals surface area contributed by atoms with Gasteiger partial charge in [0, 0.05) is 0 Å². The Balaban J connectivity index is 2.12. The van der Waals surface area contributed by atoms with Crippen LogP contribution in [0.5, 0.6) is 5.75 Å². The summed E-state index contributed by atoms with van der Waals surface area (Å²) in [6.45, 7) is 0.651. The summed E-state index contributed by atoms with van der Waals surface area (Å²) in [5.41, 5.74) is 0. The number of para-hydroxylation sites is 1. The number of likely N-dealkylation sites (N-methyl/N-ethyl adjacent to an activating group) is 1. The molecule has 0 atom stereocenters. The molecular weight excluding hydrogens is 248 g/mol. The maximum absolute atomic E-state index is 11.4. The Hall–Kier alpha value is -2.08. The van der Waals surface area contributed by atoms with E-state index in [2.05, 4.69) is 5.32 Å². The van der Waals surface area contributed by atoms with E-state index in [1.807, 2.05) is 30.3 Å². The summed E-state index contributed by atoms with van der Waals surface area (Å²) in [5, 5.41) is 11.2. The van der Waals surface area contributed by atoms with Crippen LogP contribution in [0, 0.1) is 0 Å². The van der Waals surface area contributed by atoms with Crippen molar-refractivity contribution in [2.75, 3.05) is 33.3 Å². The minimum Gasteiger partial charge on any atom is -0.492 e. The molecule has 1 aromatic rings. The monoisotopic (exact) mass is 266 g/mol. The number of nitrogens with zero attached hydrogens (tertiary/aromatic N) is 1. The van der Waals surface area contributed by atoms with E-state index in [1.165, 1.54) is 4.90 Å². The number of carbonyl (C=O) groups excluding carboxylic acids is 1. The van der Waals surface area contributed by atoms with Crippen molar-refractivity contribution in [3.63, 3.8) is 0 Å². The van der Waals surface area contributed by atoms with Crippen molar-refractivity contribution in [1.82, 2.24) is 10.2 Å². The lowest BCUT2D eigenvalue weighted by Gasteiger charge is -2.13. The number of nitrogens with one attached hydrogen (secondary N) is 1. The average Bonchev–Trinajstić information content (AvgIpc) is 2.35. The van der Waals surface area contributed by atoms with E-state index in [0.717, 1.165) is 5.75 Å². The highest BCUT2D eigenvalue weighted by Gasteiger charge is 2.08. The summed E-state index contributed by atoms with van der Waals surface area (Å²) in [6.07, 6.45) is 0. The van der Waals surface area contributed by atoms with Crippen molar-refractivity contribution in [1.29, 1.82) is 0 Å². The first-order valence-electron chi connectivity index (χ1n) is 5.93. The van der Waals surface area contributed by atoms with Gasteiger partial charge in [0.05, 0.1) is 19.6 Å². The van der Waals surface area contributed by atoms with Gasteiger partial charge in [-0.15, -0.1) is 0 Å². The largest absolute Gasteiger partial charge is 0.492 e. The number of aliphatic carboxylic acids is 1. The van der Waals surface area contributed by atoms with Gasteiger partial charge in [0.2, 0.25) is 5.91 Å². The molecule has 6 heteroatoms. The van der Waals surface area contributed by atoms with E-state index < -0.39 is 5.97 Å². The highest BCUT2D eigenvalue weighted by atomic mass is 16.5. The molecule has 0 saturated heterocycles. The predicted molar refractivity (Wildman–Crippen MR) is 70.1 cm³/mol. The molecule has 1 amide bonds. The molecule has 0 aliphatic heterocycles. The topological polar surface area (TPSA) is 78.9 Å². The number of hydrogen-bond donors (Lipinski definition) is 2. The minimum atomic E-state index is -0.956. The summed E-state index contributed by atoms with van der Waals surface area (Å²) >= 11 is 0. The Kier molecular flexibility index (Phi) is 6.38. The van der Waals surface area contributed by atoms with Gasteiger partial charge in [-0.3, -0.25) is 14.5 Å². The van der Waals surface area contributed by atoms with Crippen LogP contribution < -0.4 is 10.1 Å². The summed E-state index contributed by atoms with van der Waals surface area (Å²) < 4.78 is 5.40. The Labute approximate surface area is 112 Å². The van der Waals surface area contributed by atoms with Crippen molar-refractivity contribution in [2.45, 2.75) is 0 Å². The van der Waals surface area contributed by atoms with Crippen LogP contribution >= 0.6 is 0 Å². The Morgan fingerprint density at radius 2 is 1.95 bits per heavy atom. The van der Waals surface area contributed by atoms with Crippen molar-refractivity contribution < 1.29 is 19.4 Å². The zero-order chi connectivity index (χ0) is 14.1. The van der Waals surface area contributed by atoms with Gasteiger partial charge in [-0.2, -0.15) is 0 Å². The van der Waals surface area contributed by atoms with E-state index in [0.29, 0.717) is 13.2 Å². The number of hydrogen-bond acceptors (Lipinski definition) is 4. The first-order chi connectivity index (χ1) is 9.08. The number of benzene rings is 1. The SMILES string of the molecule is CN(CC(=O)O)CC(=O)NCCOc1ccccc1. The predicted octanol–water partition coefficient (Wildman–Crippen LogP) is 0.198. The summed E-state index contributed by atoms with van der Waals surface area (Å²) in [6, 6.07) is 9.31. The zero-order valence-electron chi connectivity index (χ0n) is 10.8. The first-order valence-corrected chi connectivity index (χ1v) is 5.93. The molecule has 19 heavy (non-hydrogen) atoms. The Morgan fingerprint density at radius 3 is 2.58 bits per heavy atom. The number of carbonyl (C=O) groups is 2. The fourth-order valence-corrected chi connectivity index (χ4v) is 1.46. The third-order valence-corrected chi connectivity index (χ3v) is 2.25. The van der Waals surface area contributed by atoms with Gasteiger partial charge in [-0.25, -0.2) is 0 Å². The maximum Gasteiger partial charge on any atom is 0.317 e. The van der Waals surface area contributed by atoms with Crippen LogP contribution in [0.3, 0.4) is 0 Å². The maximum atomic E-state index is 11.4. The lowest BCUT2D eigenvalue weighted by atomic mass is 10.3. The van der Waals surface area contributed by atoms with E-state index in [-0.39, 0.29) is 19.0 Å². The second-order valence-corrected chi connectivity index (χ2v) is 4.08. The molecule has 0 aromatic heterocycles. The van der Waals surface area contributed by atoms with Gasteiger partial charge in [-0.05, 0) is 19.2 Å². The van der Waals surface area contributed by atoms with Gasteiger partial charge in [0.25, 0.3) is 0 Å². The van der Waals surface area contributed by atoms with Gasteiger partial charge in [-0.1, -0.05) is 18.2 Å². The standard InChI is InChI=1S/C13H18N2O4/c1-15(10-13(17)18)9-12(16)14-7-8-19-11-5-3-2-4-6-11/h2-6H,7-10H2,1H3,(H,14,16)(H,17,18). The second kappa shape index (κ2) is 8.10. The lowest BCUT2D eigenvalue weighted by Crippen LogP contribution is -2.38. The molecule has 1 rings (SSSR count). The molecule has 0 fully saturated rings. The van der Waals surface area contributed by atoms with E-state index in [4.69, 9.17) is 9.84 Å². The molecule has 0 heterocycles. The molecule has 0 aliphatic rings. The molecule has 0 radical (unpaired) electrons. The molecule has 0 unspecified atom stereocenters. The first kappa shape index (κ1) is 15.0. The van der Waals surface area contributed by atoms with Gasteiger partial charge >= 0.3 is 5.97 Å². The van der Waals surface area contributed by atoms with Crippen LogP contribution in [0.2, 0.25) is 0 Å². The van der Waals surface area contributed by atoms with Gasteiger partial charge in [0.15, 0.2) is 0 Å². The van der Waals surface area contributed by atoms with Crippen molar-refractivity contribution in [2.24, 2.45) is 0 Å². The number of ether oxygens (including phenoxy) is 1. The number of carboxylic acid groups (broad SMARTS) is 1. The Morgan fingerprint density at radius 1 is 1.26 bits per heavy atom. The number of amides is 1. The van der Waals surface area contributed by atoms with Gasteiger partial charge in [0.1, 0.15) is 12.4 Å². The molecule has 0 aliphatic carbocycles. The molecule has 104 valence electrons. The van der Waals surface area contributed by atoms with Crippen LogP contribution in [-0.2, 0) is 9.59 Å². The Bertz CT molecular complexity index is 408. The third kappa shape index (κ3) is 7.05. The molecule has 0 spiro atoms. The van der Waals surface area contributed by atoms with E-state index >= 15 is 0 Å². The summed E-state index contributed by atoms with van der Waals surface area (Å²) in [5.74, 6) is -0.428.